The molecule has 0 saturated heterocycles. The first kappa shape index (κ1) is 22.7. The molecule has 144 valence electrons. The molecule has 0 amide bonds. The molecular formula is C19H29IN4OS. The van der Waals surface area contributed by atoms with E-state index in [0.29, 0.717) is 12.3 Å². The number of benzene rings is 1. The van der Waals surface area contributed by atoms with E-state index in [2.05, 4.69) is 41.4 Å². The number of aryl methyl sites for hydroxylation is 4. The van der Waals surface area contributed by atoms with Crippen LogP contribution in [0.2, 0.25) is 0 Å². The van der Waals surface area contributed by atoms with Crippen LogP contribution in [-0.4, -0.2) is 29.1 Å². The number of halogens is 1. The van der Waals surface area contributed by atoms with Gasteiger partial charge in [-0.05, 0) is 51.3 Å². The fourth-order valence-electron chi connectivity index (χ4n) is 2.58. The smallest absolute Gasteiger partial charge is 0.191 e. The third-order valence-electron chi connectivity index (χ3n) is 4.02. The van der Waals surface area contributed by atoms with Crippen molar-refractivity contribution in [3.8, 4) is 5.75 Å². The third-order valence-corrected chi connectivity index (χ3v) is 5.15. The molecule has 2 aromatic rings. The van der Waals surface area contributed by atoms with Crippen molar-refractivity contribution < 1.29 is 5.11 Å². The predicted molar refractivity (Wildman–Crippen MR) is 121 cm³/mol. The quantitative estimate of drug-likeness (QED) is 0.327. The maximum absolute atomic E-state index is 9.87. The van der Waals surface area contributed by atoms with Crippen LogP contribution in [0.25, 0.3) is 0 Å². The van der Waals surface area contributed by atoms with E-state index < -0.39 is 0 Å². The molecule has 0 radical (unpaired) electrons. The molecule has 7 heteroatoms. The Kier molecular flexibility index (Phi) is 9.35. The molecule has 0 aliphatic rings. The summed E-state index contributed by atoms with van der Waals surface area (Å²) in [7, 11) is 0. The van der Waals surface area contributed by atoms with Crippen molar-refractivity contribution in [3.63, 3.8) is 0 Å². The molecule has 0 atom stereocenters. The van der Waals surface area contributed by atoms with Gasteiger partial charge in [0.15, 0.2) is 5.96 Å². The Bertz CT molecular complexity index is 715. The van der Waals surface area contributed by atoms with Crippen molar-refractivity contribution in [2.24, 2.45) is 4.99 Å². The number of rotatable bonds is 6. The Hall–Kier alpha value is -1.35. The van der Waals surface area contributed by atoms with Crippen molar-refractivity contribution in [1.82, 2.24) is 15.6 Å². The van der Waals surface area contributed by atoms with Crippen LogP contribution in [0.15, 0.2) is 17.1 Å². The van der Waals surface area contributed by atoms with Gasteiger partial charge in [-0.25, -0.2) is 9.98 Å². The number of nitrogens with zero attached hydrogens (tertiary/aromatic N) is 2. The Morgan fingerprint density at radius 1 is 1.15 bits per heavy atom. The molecule has 0 fully saturated rings. The number of guanidine groups is 1. The molecule has 0 aliphatic carbocycles. The van der Waals surface area contributed by atoms with Gasteiger partial charge in [0.05, 0.1) is 17.2 Å². The SMILES string of the molecule is CCNC(=NCc1cc(C)c(O)c(C)c1)NCCc1nc(C)c(C)s1.I. The minimum Gasteiger partial charge on any atom is -0.507 e. The Balaban J connectivity index is 0.00000338. The molecule has 2 rings (SSSR count). The lowest BCUT2D eigenvalue weighted by molar-refractivity contribution is 0.466. The van der Waals surface area contributed by atoms with E-state index in [0.717, 1.165) is 52.9 Å². The zero-order chi connectivity index (χ0) is 18.4. The average Bonchev–Trinajstić information content (AvgIpc) is 2.88. The molecule has 0 aliphatic heterocycles. The Morgan fingerprint density at radius 2 is 1.81 bits per heavy atom. The first-order chi connectivity index (χ1) is 11.9. The average molecular weight is 488 g/mol. The van der Waals surface area contributed by atoms with Gasteiger partial charge >= 0.3 is 0 Å². The lowest BCUT2D eigenvalue weighted by Crippen LogP contribution is -2.38. The van der Waals surface area contributed by atoms with E-state index in [4.69, 9.17) is 0 Å². The standard InChI is InChI=1S/C19H28N4OS.HI/c1-6-20-19(21-8-7-17-23-14(4)15(5)25-17)22-11-16-9-12(2)18(24)13(3)10-16;/h9-10,24H,6-8,11H2,1-5H3,(H2,20,21,22);1H. The fraction of sp³-hybridized carbons (Fsp3) is 0.474. The number of aromatic nitrogens is 1. The Morgan fingerprint density at radius 3 is 2.35 bits per heavy atom. The van der Waals surface area contributed by atoms with Gasteiger partial charge in [0, 0.05) is 24.4 Å². The monoisotopic (exact) mass is 488 g/mol. The summed E-state index contributed by atoms with van der Waals surface area (Å²) in [6.45, 7) is 12.2. The summed E-state index contributed by atoms with van der Waals surface area (Å²) < 4.78 is 0. The number of aromatic hydroxyl groups is 1. The molecule has 1 aromatic carbocycles. The zero-order valence-corrected chi connectivity index (χ0v) is 19.3. The second-order valence-corrected chi connectivity index (χ2v) is 7.49. The summed E-state index contributed by atoms with van der Waals surface area (Å²) >= 11 is 1.76. The summed E-state index contributed by atoms with van der Waals surface area (Å²) in [6, 6.07) is 3.97. The van der Waals surface area contributed by atoms with Crippen molar-refractivity contribution in [3.05, 3.63) is 44.4 Å². The molecular weight excluding hydrogens is 459 g/mol. The second-order valence-electron chi connectivity index (χ2n) is 6.20. The van der Waals surface area contributed by atoms with E-state index >= 15 is 0 Å². The predicted octanol–water partition coefficient (Wildman–Crippen LogP) is 4.00. The lowest BCUT2D eigenvalue weighted by Gasteiger charge is -2.11. The van der Waals surface area contributed by atoms with Gasteiger partial charge in [0.2, 0.25) is 0 Å². The maximum Gasteiger partial charge on any atom is 0.191 e. The topological polar surface area (TPSA) is 69.5 Å². The first-order valence-electron chi connectivity index (χ1n) is 8.64. The zero-order valence-electron chi connectivity index (χ0n) is 16.1. The van der Waals surface area contributed by atoms with E-state index in [1.54, 1.807) is 11.3 Å². The fourth-order valence-corrected chi connectivity index (χ4v) is 3.52. The highest BCUT2D eigenvalue weighted by Gasteiger charge is 2.05. The van der Waals surface area contributed by atoms with Gasteiger partial charge < -0.3 is 15.7 Å². The second kappa shape index (κ2) is 10.7. The Labute approximate surface area is 177 Å². The summed E-state index contributed by atoms with van der Waals surface area (Å²) in [5, 5.41) is 17.7. The number of thiazole rings is 1. The van der Waals surface area contributed by atoms with Gasteiger partial charge in [-0.1, -0.05) is 12.1 Å². The molecule has 0 bridgehead atoms. The molecule has 0 unspecified atom stereocenters. The lowest BCUT2D eigenvalue weighted by atomic mass is 10.1. The summed E-state index contributed by atoms with van der Waals surface area (Å²) in [6.07, 6.45) is 0.890. The number of phenols is 1. The van der Waals surface area contributed by atoms with Crippen LogP contribution in [0.5, 0.6) is 5.75 Å². The van der Waals surface area contributed by atoms with Crippen molar-refractivity contribution in [1.29, 1.82) is 0 Å². The largest absolute Gasteiger partial charge is 0.507 e. The highest BCUT2D eigenvalue weighted by Crippen LogP contribution is 2.23. The number of phenolic OH excluding ortho intramolecular Hbond substituents is 1. The molecule has 26 heavy (non-hydrogen) atoms. The van der Waals surface area contributed by atoms with Crippen LogP contribution in [0.4, 0.5) is 0 Å². The van der Waals surface area contributed by atoms with E-state index in [1.807, 2.05) is 26.0 Å². The minimum atomic E-state index is 0. The summed E-state index contributed by atoms with van der Waals surface area (Å²) in [5.74, 6) is 1.17. The highest BCUT2D eigenvalue weighted by atomic mass is 127. The van der Waals surface area contributed by atoms with E-state index in [-0.39, 0.29) is 24.0 Å². The molecule has 0 saturated carbocycles. The molecule has 0 spiro atoms. The number of nitrogens with one attached hydrogen (secondary N) is 2. The number of hydrogen-bond acceptors (Lipinski definition) is 4. The first-order valence-corrected chi connectivity index (χ1v) is 9.46. The van der Waals surface area contributed by atoms with Gasteiger partial charge in [0.1, 0.15) is 5.75 Å². The maximum atomic E-state index is 9.87. The van der Waals surface area contributed by atoms with Crippen molar-refractivity contribution in [2.45, 2.75) is 47.6 Å². The molecule has 5 nitrogen and oxygen atoms in total. The van der Waals surface area contributed by atoms with E-state index in [9.17, 15) is 5.11 Å². The van der Waals surface area contributed by atoms with Crippen molar-refractivity contribution in [2.75, 3.05) is 13.1 Å². The molecule has 1 aromatic heterocycles. The summed E-state index contributed by atoms with van der Waals surface area (Å²) in [4.78, 5) is 10.5. The molecule has 3 N–H and O–H groups in total. The van der Waals surface area contributed by atoms with Gasteiger partial charge in [0.25, 0.3) is 0 Å². The number of hydrogen-bond donors (Lipinski definition) is 3. The van der Waals surface area contributed by atoms with Crippen LogP contribution in [0, 0.1) is 27.7 Å². The van der Waals surface area contributed by atoms with Gasteiger partial charge in [-0.15, -0.1) is 35.3 Å². The summed E-state index contributed by atoms with van der Waals surface area (Å²) in [5.41, 5.74) is 3.99. The minimum absolute atomic E-state index is 0. The van der Waals surface area contributed by atoms with Crippen LogP contribution < -0.4 is 10.6 Å². The van der Waals surface area contributed by atoms with Gasteiger partial charge in [-0.2, -0.15) is 0 Å². The number of aliphatic imine (C=N–C) groups is 1. The van der Waals surface area contributed by atoms with Crippen LogP contribution in [0.1, 0.15) is 39.2 Å². The third kappa shape index (κ3) is 6.42. The van der Waals surface area contributed by atoms with E-state index in [1.165, 1.54) is 4.88 Å². The normalized spacial score (nSPS) is 11.2. The molecule has 1 heterocycles. The van der Waals surface area contributed by atoms with Crippen molar-refractivity contribution >= 4 is 41.3 Å². The van der Waals surface area contributed by atoms with Gasteiger partial charge in [-0.3, -0.25) is 0 Å². The van der Waals surface area contributed by atoms with Crippen LogP contribution in [-0.2, 0) is 13.0 Å². The van der Waals surface area contributed by atoms with Crippen LogP contribution in [0.3, 0.4) is 0 Å². The van der Waals surface area contributed by atoms with Crippen LogP contribution >= 0.6 is 35.3 Å². The highest BCUT2D eigenvalue weighted by molar-refractivity contribution is 14.0.